The number of nitrogens with two attached hydrogens (primary N) is 1. The van der Waals surface area contributed by atoms with Gasteiger partial charge in [0.05, 0.1) is 19.3 Å². The van der Waals surface area contributed by atoms with E-state index in [4.69, 9.17) is 10.5 Å². The maximum atomic E-state index is 9.70. The van der Waals surface area contributed by atoms with Gasteiger partial charge in [0.15, 0.2) is 0 Å². The van der Waals surface area contributed by atoms with Crippen LogP contribution in [0.5, 0.6) is 5.75 Å². The summed E-state index contributed by atoms with van der Waals surface area (Å²) in [5, 5.41) is 9.70. The molecule has 1 aliphatic heterocycles. The van der Waals surface area contributed by atoms with Gasteiger partial charge in [-0.3, -0.25) is 4.90 Å². The molecule has 2 rings (SSSR count). The number of aliphatic hydroxyl groups excluding tert-OH is 1. The number of para-hydroxylation sites is 1. The van der Waals surface area contributed by atoms with E-state index in [-0.39, 0.29) is 12.1 Å². The fraction of sp³-hybridized carbons (Fsp3) is 0.625. The average molecular weight is 278 g/mol. The molecule has 2 atom stereocenters. The molecule has 4 nitrogen and oxygen atoms in total. The summed E-state index contributed by atoms with van der Waals surface area (Å²) in [6.07, 6.45) is 1.85. The summed E-state index contributed by atoms with van der Waals surface area (Å²) in [7, 11) is 1.70. The smallest absolute Gasteiger partial charge is 0.123 e. The van der Waals surface area contributed by atoms with Crippen molar-refractivity contribution >= 4 is 0 Å². The lowest BCUT2D eigenvalue weighted by Gasteiger charge is -2.38. The van der Waals surface area contributed by atoms with Crippen molar-refractivity contribution in [1.29, 1.82) is 0 Å². The largest absolute Gasteiger partial charge is 0.496 e. The van der Waals surface area contributed by atoms with Crippen molar-refractivity contribution in [2.24, 2.45) is 11.7 Å². The van der Waals surface area contributed by atoms with E-state index in [0.717, 1.165) is 37.2 Å². The first-order valence-electron chi connectivity index (χ1n) is 7.42. The second-order valence-electron chi connectivity index (χ2n) is 5.61. The lowest BCUT2D eigenvalue weighted by atomic mass is 9.90. The Kier molecular flexibility index (Phi) is 5.40. The van der Waals surface area contributed by atoms with E-state index in [1.165, 1.54) is 0 Å². The summed E-state index contributed by atoms with van der Waals surface area (Å²) < 4.78 is 5.46. The van der Waals surface area contributed by atoms with Gasteiger partial charge in [0, 0.05) is 12.1 Å². The van der Waals surface area contributed by atoms with Crippen LogP contribution in [0.15, 0.2) is 24.3 Å². The standard InChI is InChI=1S/C16H26N2O2/c1-12(19)13-7-9-18(10-8-13)15(11-17)14-5-3-4-6-16(14)20-2/h3-6,12-13,15,19H,7-11,17H2,1-2H3. The number of piperidine rings is 1. The Hall–Kier alpha value is -1.10. The summed E-state index contributed by atoms with van der Waals surface area (Å²) in [5.41, 5.74) is 7.17. The molecule has 1 fully saturated rings. The van der Waals surface area contributed by atoms with Gasteiger partial charge in [-0.1, -0.05) is 18.2 Å². The first-order chi connectivity index (χ1) is 9.67. The van der Waals surface area contributed by atoms with Crippen molar-refractivity contribution in [2.75, 3.05) is 26.7 Å². The van der Waals surface area contributed by atoms with E-state index >= 15 is 0 Å². The van der Waals surface area contributed by atoms with Crippen molar-refractivity contribution in [3.63, 3.8) is 0 Å². The second-order valence-corrected chi connectivity index (χ2v) is 5.61. The molecule has 2 unspecified atom stereocenters. The van der Waals surface area contributed by atoms with Gasteiger partial charge in [0.1, 0.15) is 5.75 Å². The maximum Gasteiger partial charge on any atom is 0.123 e. The quantitative estimate of drug-likeness (QED) is 0.862. The lowest BCUT2D eigenvalue weighted by Crippen LogP contribution is -2.41. The third-order valence-corrected chi connectivity index (χ3v) is 4.42. The van der Waals surface area contributed by atoms with Gasteiger partial charge in [-0.15, -0.1) is 0 Å². The number of hydrogen-bond donors (Lipinski definition) is 2. The van der Waals surface area contributed by atoms with Crippen LogP contribution in [0.3, 0.4) is 0 Å². The summed E-state index contributed by atoms with van der Waals surface area (Å²) in [5.74, 6) is 1.32. The van der Waals surface area contributed by atoms with E-state index in [1.54, 1.807) is 7.11 Å². The minimum absolute atomic E-state index is 0.195. The number of benzene rings is 1. The van der Waals surface area contributed by atoms with Crippen LogP contribution < -0.4 is 10.5 Å². The number of nitrogens with zero attached hydrogens (tertiary/aromatic N) is 1. The van der Waals surface area contributed by atoms with Crippen molar-refractivity contribution in [2.45, 2.75) is 31.9 Å². The zero-order chi connectivity index (χ0) is 14.5. The number of hydrogen-bond acceptors (Lipinski definition) is 4. The molecule has 0 spiro atoms. The molecule has 0 saturated carbocycles. The Morgan fingerprint density at radius 2 is 2.00 bits per heavy atom. The monoisotopic (exact) mass is 278 g/mol. The van der Waals surface area contributed by atoms with Gasteiger partial charge in [-0.05, 0) is 44.8 Å². The zero-order valence-corrected chi connectivity index (χ0v) is 12.5. The van der Waals surface area contributed by atoms with Crippen LogP contribution in [-0.4, -0.2) is 42.9 Å². The summed E-state index contributed by atoms with van der Waals surface area (Å²) >= 11 is 0. The normalized spacial score (nSPS) is 20.6. The summed E-state index contributed by atoms with van der Waals surface area (Å²) in [6, 6.07) is 8.29. The lowest BCUT2D eigenvalue weighted by molar-refractivity contribution is 0.0564. The molecule has 1 heterocycles. The van der Waals surface area contributed by atoms with Crippen molar-refractivity contribution < 1.29 is 9.84 Å². The van der Waals surface area contributed by atoms with E-state index in [1.807, 2.05) is 25.1 Å². The molecule has 4 heteroatoms. The molecule has 1 aliphatic rings. The van der Waals surface area contributed by atoms with Gasteiger partial charge in [0.2, 0.25) is 0 Å². The molecule has 0 radical (unpaired) electrons. The maximum absolute atomic E-state index is 9.70. The molecule has 1 aromatic rings. The molecule has 112 valence electrons. The van der Waals surface area contributed by atoms with E-state index in [9.17, 15) is 5.11 Å². The predicted molar refractivity (Wildman–Crippen MR) is 80.8 cm³/mol. The van der Waals surface area contributed by atoms with Crippen LogP contribution in [0.2, 0.25) is 0 Å². The van der Waals surface area contributed by atoms with E-state index < -0.39 is 0 Å². The molecule has 0 amide bonds. The molecule has 0 aromatic heterocycles. The number of aliphatic hydroxyl groups is 1. The van der Waals surface area contributed by atoms with Crippen molar-refractivity contribution in [1.82, 2.24) is 4.90 Å². The molecular formula is C16H26N2O2. The van der Waals surface area contributed by atoms with Gasteiger partial charge >= 0.3 is 0 Å². The fourth-order valence-corrected chi connectivity index (χ4v) is 3.13. The number of methoxy groups -OCH3 is 1. The van der Waals surface area contributed by atoms with Crippen LogP contribution in [-0.2, 0) is 0 Å². The van der Waals surface area contributed by atoms with Crippen molar-refractivity contribution in [3.05, 3.63) is 29.8 Å². The molecule has 1 saturated heterocycles. The Bertz CT molecular complexity index is 415. The number of ether oxygens (including phenoxy) is 1. The van der Waals surface area contributed by atoms with Gasteiger partial charge in [-0.2, -0.15) is 0 Å². The SMILES string of the molecule is COc1ccccc1C(CN)N1CCC(C(C)O)CC1. The molecular weight excluding hydrogens is 252 g/mol. The molecule has 0 bridgehead atoms. The highest BCUT2D eigenvalue weighted by atomic mass is 16.5. The fourth-order valence-electron chi connectivity index (χ4n) is 3.13. The van der Waals surface area contributed by atoms with Gasteiger partial charge in [-0.25, -0.2) is 0 Å². The molecule has 20 heavy (non-hydrogen) atoms. The van der Waals surface area contributed by atoms with E-state index in [2.05, 4.69) is 11.0 Å². The Morgan fingerprint density at radius 3 is 2.55 bits per heavy atom. The Labute approximate surface area is 121 Å². The van der Waals surface area contributed by atoms with Gasteiger partial charge in [0.25, 0.3) is 0 Å². The van der Waals surface area contributed by atoms with E-state index in [0.29, 0.717) is 12.5 Å². The summed E-state index contributed by atoms with van der Waals surface area (Å²) in [6.45, 7) is 4.44. The molecule has 1 aromatic carbocycles. The van der Waals surface area contributed by atoms with Gasteiger partial charge < -0.3 is 15.6 Å². The van der Waals surface area contributed by atoms with Crippen molar-refractivity contribution in [3.8, 4) is 5.75 Å². The topological polar surface area (TPSA) is 58.7 Å². The highest BCUT2D eigenvalue weighted by Crippen LogP contribution is 2.32. The highest BCUT2D eigenvalue weighted by Gasteiger charge is 2.28. The van der Waals surface area contributed by atoms with Crippen LogP contribution in [0.25, 0.3) is 0 Å². The van der Waals surface area contributed by atoms with Crippen LogP contribution in [0.1, 0.15) is 31.4 Å². The first kappa shape index (κ1) is 15.3. The third-order valence-electron chi connectivity index (χ3n) is 4.42. The minimum Gasteiger partial charge on any atom is -0.496 e. The minimum atomic E-state index is -0.209. The Morgan fingerprint density at radius 1 is 1.35 bits per heavy atom. The molecule has 0 aliphatic carbocycles. The second kappa shape index (κ2) is 7.07. The Balaban J connectivity index is 2.09. The third kappa shape index (κ3) is 3.32. The number of rotatable bonds is 5. The highest BCUT2D eigenvalue weighted by molar-refractivity contribution is 5.36. The first-order valence-corrected chi connectivity index (χ1v) is 7.42. The van der Waals surface area contributed by atoms with Crippen LogP contribution in [0, 0.1) is 5.92 Å². The van der Waals surface area contributed by atoms with Crippen LogP contribution in [0.4, 0.5) is 0 Å². The van der Waals surface area contributed by atoms with Crippen LogP contribution >= 0.6 is 0 Å². The number of likely N-dealkylation sites (tertiary alicyclic amines) is 1. The average Bonchev–Trinajstić information content (AvgIpc) is 2.49. The predicted octanol–water partition coefficient (Wildman–Crippen LogP) is 1.79. The molecule has 3 N–H and O–H groups in total. The summed E-state index contributed by atoms with van der Waals surface area (Å²) in [4.78, 5) is 2.41. The zero-order valence-electron chi connectivity index (χ0n) is 12.5.